The minimum atomic E-state index is -0.517. The maximum atomic E-state index is 11.8. The van der Waals surface area contributed by atoms with Crippen molar-refractivity contribution in [2.45, 2.75) is 32.1 Å². The second kappa shape index (κ2) is 5.61. The van der Waals surface area contributed by atoms with Gasteiger partial charge in [0.1, 0.15) is 5.78 Å². The molecule has 1 aliphatic carbocycles. The molecule has 0 radical (unpaired) electrons. The molecule has 0 unspecified atom stereocenters. The molecule has 1 atom stereocenters. The SMILES string of the molecule is N#Cc1cc([N+](=O)[O-])ccc1C[C@@H]1CCCCC1=O. The zero-order chi connectivity index (χ0) is 13.8. The number of benzene rings is 1. The molecule has 0 aliphatic heterocycles. The number of nitriles is 1. The number of nitrogens with zero attached hydrogens (tertiary/aromatic N) is 2. The van der Waals surface area contributed by atoms with Crippen molar-refractivity contribution in [2.75, 3.05) is 0 Å². The van der Waals surface area contributed by atoms with Gasteiger partial charge in [-0.3, -0.25) is 14.9 Å². The molecule has 0 spiro atoms. The van der Waals surface area contributed by atoms with E-state index in [2.05, 4.69) is 0 Å². The number of hydrogen-bond donors (Lipinski definition) is 0. The molecule has 1 aromatic rings. The maximum absolute atomic E-state index is 11.8. The molecule has 98 valence electrons. The van der Waals surface area contributed by atoms with E-state index in [0.29, 0.717) is 18.4 Å². The van der Waals surface area contributed by atoms with Crippen LogP contribution in [-0.2, 0) is 11.2 Å². The average molecular weight is 258 g/mol. The molecule has 1 fully saturated rings. The molecule has 0 bridgehead atoms. The molecular formula is C14H14N2O3. The van der Waals surface area contributed by atoms with Gasteiger partial charge >= 0.3 is 0 Å². The van der Waals surface area contributed by atoms with Crippen LogP contribution in [0.5, 0.6) is 0 Å². The van der Waals surface area contributed by atoms with Gasteiger partial charge in [-0.25, -0.2) is 0 Å². The van der Waals surface area contributed by atoms with Crippen molar-refractivity contribution >= 4 is 11.5 Å². The number of rotatable bonds is 3. The lowest BCUT2D eigenvalue weighted by atomic mass is 9.83. The van der Waals surface area contributed by atoms with Crippen molar-refractivity contribution in [3.63, 3.8) is 0 Å². The fourth-order valence-electron chi connectivity index (χ4n) is 2.50. The maximum Gasteiger partial charge on any atom is 0.270 e. The highest BCUT2D eigenvalue weighted by Gasteiger charge is 2.23. The van der Waals surface area contributed by atoms with E-state index in [-0.39, 0.29) is 17.4 Å². The van der Waals surface area contributed by atoms with Crippen molar-refractivity contribution in [3.05, 3.63) is 39.4 Å². The number of nitro groups is 1. The summed E-state index contributed by atoms with van der Waals surface area (Å²) in [6.45, 7) is 0. The van der Waals surface area contributed by atoms with Gasteiger partial charge in [-0.05, 0) is 24.8 Å². The number of carbonyl (C=O) groups excluding carboxylic acids is 1. The Hall–Kier alpha value is -2.22. The highest BCUT2D eigenvalue weighted by Crippen LogP contribution is 2.26. The topological polar surface area (TPSA) is 84.0 Å². The molecule has 2 rings (SSSR count). The summed E-state index contributed by atoms with van der Waals surface area (Å²) >= 11 is 0. The Kier molecular flexibility index (Phi) is 3.91. The first-order chi connectivity index (χ1) is 9.11. The summed E-state index contributed by atoms with van der Waals surface area (Å²) in [5, 5.41) is 19.7. The molecule has 0 heterocycles. The van der Waals surface area contributed by atoms with Crippen molar-refractivity contribution in [1.29, 1.82) is 5.26 Å². The molecule has 19 heavy (non-hydrogen) atoms. The summed E-state index contributed by atoms with van der Waals surface area (Å²) in [6.07, 6.45) is 3.95. The van der Waals surface area contributed by atoms with Crippen LogP contribution in [0.1, 0.15) is 36.8 Å². The van der Waals surface area contributed by atoms with Crippen molar-refractivity contribution in [2.24, 2.45) is 5.92 Å². The first kappa shape index (κ1) is 13.2. The summed E-state index contributed by atoms with van der Waals surface area (Å²) in [6, 6.07) is 6.25. The van der Waals surface area contributed by atoms with E-state index in [9.17, 15) is 14.9 Å². The minimum Gasteiger partial charge on any atom is -0.299 e. The van der Waals surface area contributed by atoms with Crippen molar-refractivity contribution in [3.8, 4) is 6.07 Å². The predicted octanol–water partition coefficient (Wildman–Crippen LogP) is 2.77. The minimum absolute atomic E-state index is 0.0395. The van der Waals surface area contributed by atoms with Crippen LogP contribution >= 0.6 is 0 Å². The Labute approximate surface area is 111 Å². The summed E-state index contributed by atoms with van der Waals surface area (Å²) in [4.78, 5) is 21.9. The molecule has 1 aliphatic rings. The van der Waals surface area contributed by atoms with Crippen molar-refractivity contribution in [1.82, 2.24) is 0 Å². The number of carbonyl (C=O) groups is 1. The number of hydrogen-bond acceptors (Lipinski definition) is 4. The number of ketones is 1. The van der Waals surface area contributed by atoms with Crippen LogP contribution in [0.4, 0.5) is 5.69 Å². The van der Waals surface area contributed by atoms with Gasteiger partial charge in [0.2, 0.25) is 0 Å². The third-order valence-electron chi connectivity index (χ3n) is 3.57. The Morgan fingerprint density at radius 2 is 2.21 bits per heavy atom. The van der Waals surface area contributed by atoms with Gasteiger partial charge in [0.25, 0.3) is 5.69 Å². The first-order valence-electron chi connectivity index (χ1n) is 6.32. The van der Waals surface area contributed by atoms with E-state index in [4.69, 9.17) is 5.26 Å². The molecule has 0 saturated heterocycles. The van der Waals surface area contributed by atoms with E-state index in [1.165, 1.54) is 12.1 Å². The summed E-state index contributed by atoms with van der Waals surface area (Å²) in [7, 11) is 0. The lowest BCUT2D eigenvalue weighted by Crippen LogP contribution is -2.21. The van der Waals surface area contributed by atoms with Gasteiger partial charge in [-0.1, -0.05) is 12.5 Å². The Bertz CT molecular complexity index is 560. The Morgan fingerprint density at radius 1 is 1.42 bits per heavy atom. The second-order valence-electron chi connectivity index (χ2n) is 4.82. The van der Waals surface area contributed by atoms with Gasteiger partial charge in [0, 0.05) is 24.5 Å². The molecular weight excluding hydrogens is 244 g/mol. The third-order valence-corrected chi connectivity index (χ3v) is 3.57. The fraction of sp³-hybridized carbons (Fsp3) is 0.429. The molecule has 0 N–H and O–H groups in total. The van der Waals surface area contributed by atoms with E-state index < -0.39 is 4.92 Å². The van der Waals surface area contributed by atoms with E-state index >= 15 is 0 Å². The van der Waals surface area contributed by atoms with Crippen LogP contribution in [0.3, 0.4) is 0 Å². The number of nitro benzene ring substituents is 1. The highest BCUT2D eigenvalue weighted by atomic mass is 16.6. The largest absolute Gasteiger partial charge is 0.299 e. The predicted molar refractivity (Wildman–Crippen MR) is 68.5 cm³/mol. The Morgan fingerprint density at radius 3 is 2.84 bits per heavy atom. The van der Waals surface area contributed by atoms with Gasteiger partial charge < -0.3 is 0 Å². The van der Waals surface area contributed by atoms with Gasteiger partial charge in [0.05, 0.1) is 16.6 Å². The standard InChI is InChI=1S/C14H14N2O3/c15-9-12-8-13(16(18)19)6-5-10(12)7-11-3-1-2-4-14(11)17/h5-6,8,11H,1-4,7H2/t11-/m0/s1. The fourth-order valence-corrected chi connectivity index (χ4v) is 2.50. The van der Waals surface area contributed by atoms with Gasteiger partial charge in [-0.15, -0.1) is 0 Å². The lowest BCUT2D eigenvalue weighted by Gasteiger charge is -2.20. The third kappa shape index (κ3) is 2.97. The van der Waals surface area contributed by atoms with Crippen LogP contribution in [-0.4, -0.2) is 10.7 Å². The smallest absolute Gasteiger partial charge is 0.270 e. The average Bonchev–Trinajstić information content (AvgIpc) is 2.41. The molecule has 5 nitrogen and oxygen atoms in total. The number of non-ortho nitro benzene ring substituents is 1. The van der Waals surface area contributed by atoms with Gasteiger partial charge in [-0.2, -0.15) is 5.26 Å². The second-order valence-corrected chi connectivity index (χ2v) is 4.82. The summed E-state index contributed by atoms with van der Waals surface area (Å²) in [5.41, 5.74) is 0.941. The molecule has 1 saturated carbocycles. The highest BCUT2D eigenvalue weighted by molar-refractivity contribution is 5.82. The lowest BCUT2D eigenvalue weighted by molar-refractivity contribution is -0.384. The van der Waals surface area contributed by atoms with E-state index in [0.717, 1.165) is 24.8 Å². The van der Waals surface area contributed by atoms with Crippen molar-refractivity contribution < 1.29 is 9.72 Å². The molecule has 1 aromatic carbocycles. The van der Waals surface area contributed by atoms with Crippen LogP contribution in [0.2, 0.25) is 0 Å². The zero-order valence-electron chi connectivity index (χ0n) is 10.5. The quantitative estimate of drug-likeness (QED) is 0.616. The molecule has 0 aromatic heterocycles. The number of Topliss-reactive ketones (excluding diaryl/α,β-unsaturated/α-hetero) is 1. The first-order valence-corrected chi connectivity index (χ1v) is 6.32. The molecule has 0 amide bonds. The Balaban J connectivity index is 2.22. The van der Waals surface area contributed by atoms with Crippen LogP contribution < -0.4 is 0 Å². The summed E-state index contributed by atoms with van der Waals surface area (Å²) < 4.78 is 0. The van der Waals surface area contributed by atoms with Gasteiger partial charge in [0.15, 0.2) is 0 Å². The van der Waals surface area contributed by atoms with E-state index in [1.807, 2.05) is 6.07 Å². The zero-order valence-corrected chi connectivity index (χ0v) is 10.5. The van der Waals surface area contributed by atoms with Crippen LogP contribution in [0.15, 0.2) is 18.2 Å². The van der Waals surface area contributed by atoms with E-state index in [1.54, 1.807) is 6.07 Å². The van der Waals surface area contributed by atoms with Crippen LogP contribution in [0.25, 0.3) is 0 Å². The normalized spacial score (nSPS) is 18.9. The summed E-state index contributed by atoms with van der Waals surface area (Å²) in [5.74, 6) is 0.204. The molecule has 5 heteroatoms. The van der Waals surface area contributed by atoms with Crippen LogP contribution in [0, 0.1) is 27.4 Å². The monoisotopic (exact) mass is 258 g/mol.